The summed E-state index contributed by atoms with van der Waals surface area (Å²) in [6.45, 7) is 1.33. The molecule has 1 rings (SSSR count). The van der Waals surface area contributed by atoms with Gasteiger partial charge in [-0.25, -0.2) is 4.79 Å². The van der Waals surface area contributed by atoms with Gasteiger partial charge in [0.2, 0.25) is 0 Å². The van der Waals surface area contributed by atoms with Gasteiger partial charge in [0.15, 0.2) is 0 Å². The SMILES string of the molecule is O=C(O)N[C@H](CO)C[C@H]1CCCCOC1. The van der Waals surface area contributed by atoms with Gasteiger partial charge in [-0.1, -0.05) is 6.42 Å². The van der Waals surface area contributed by atoms with Gasteiger partial charge in [0.05, 0.1) is 12.6 Å². The Labute approximate surface area is 89.4 Å². The van der Waals surface area contributed by atoms with E-state index < -0.39 is 6.09 Å². The van der Waals surface area contributed by atoms with Crippen molar-refractivity contribution in [2.45, 2.75) is 31.7 Å². The zero-order valence-corrected chi connectivity index (χ0v) is 8.82. The minimum atomic E-state index is -1.08. The van der Waals surface area contributed by atoms with Gasteiger partial charge >= 0.3 is 6.09 Å². The van der Waals surface area contributed by atoms with Crippen LogP contribution < -0.4 is 5.32 Å². The maximum atomic E-state index is 10.4. The van der Waals surface area contributed by atoms with Gasteiger partial charge in [0, 0.05) is 13.2 Å². The third kappa shape index (κ3) is 4.99. The number of carbonyl (C=O) groups is 1. The first-order valence-corrected chi connectivity index (χ1v) is 5.40. The van der Waals surface area contributed by atoms with Crippen molar-refractivity contribution in [3.8, 4) is 0 Å². The van der Waals surface area contributed by atoms with Crippen LogP contribution in [0.4, 0.5) is 4.79 Å². The molecule has 0 radical (unpaired) electrons. The number of nitrogens with one attached hydrogen (secondary N) is 1. The summed E-state index contributed by atoms with van der Waals surface area (Å²) < 4.78 is 5.40. The van der Waals surface area contributed by atoms with E-state index in [0.717, 1.165) is 25.9 Å². The highest BCUT2D eigenvalue weighted by Gasteiger charge is 2.19. The van der Waals surface area contributed by atoms with Crippen LogP contribution in [0, 0.1) is 5.92 Å². The van der Waals surface area contributed by atoms with Crippen LogP contribution in [0.1, 0.15) is 25.7 Å². The Balaban J connectivity index is 2.31. The molecule has 0 aliphatic carbocycles. The van der Waals surface area contributed by atoms with Crippen molar-refractivity contribution in [1.82, 2.24) is 5.32 Å². The van der Waals surface area contributed by atoms with Crippen molar-refractivity contribution in [2.24, 2.45) is 5.92 Å². The summed E-state index contributed by atoms with van der Waals surface area (Å²) in [4.78, 5) is 10.4. The van der Waals surface area contributed by atoms with Crippen molar-refractivity contribution < 1.29 is 19.7 Å². The lowest BCUT2D eigenvalue weighted by Gasteiger charge is -2.20. The third-order valence-electron chi connectivity index (χ3n) is 2.67. The van der Waals surface area contributed by atoms with Gasteiger partial charge in [-0.15, -0.1) is 0 Å². The van der Waals surface area contributed by atoms with Gasteiger partial charge in [-0.05, 0) is 25.2 Å². The molecule has 3 N–H and O–H groups in total. The van der Waals surface area contributed by atoms with Gasteiger partial charge in [-0.3, -0.25) is 0 Å². The average molecular weight is 217 g/mol. The second-order valence-corrected chi connectivity index (χ2v) is 4.00. The molecule has 1 heterocycles. The molecule has 1 saturated heterocycles. The quantitative estimate of drug-likeness (QED) is 0.651. The number of ether oxygens (including phenoxy) is 1. The number of rotatable bonds is 4. The van der Waals surface area contributed by atoms with E-state index in [-0.39, 0.29) is 12.6 Å². The predicted octanol–water partition coefficient (Wildman–Crippen LogP) is 0.822. The molecule has 0 saturated carbocycles. The lowest BCUT2D eigenvalue weighted by Crippen LogP contribution is -2.38. The first kappa shape index (κ1) is 12.3. The second kappa shape index (κ2) is 6.63. The Bertz CT molecular complexity index is 190. The van der Waals surface area contributed by atoms with Gasteiger partial charge in [-0.2, -0.15) is 0 Å². The van der Waals surface area contributed by atoms with E-state index in [9.17, 15) is 4.79 Å². The molecule has 1 fully saturated rings. The molecule has 0 aromatic rings. The summed E-state index contributed by atoms with van der Waals surface area (Å²) in [6, 6.07) is -0.366. The van der Waals surface area contributed by atoms with Crippen LogP contribution in [0.2, 0.25) is 0 Å². The van der Waals surface area contributed by atoms with E-state index in [0.29, 0.717) is 18.9 Å². The third-order valence-corrected chi connectivity index (χ3v) is 2.67. The number of amides is 1. The maximum absolute atomic E-state index is 10.4. The second-order valence-electron chi connectivity index (χ2n) is 4.00. The molecule has 0 aromatic carbocycles. The minimum Gasteiger partial charge on any atom is -0.465 e. The fraction of sp³-hybridized carbons (Fsp3) is 0.900. The van der Waals surface area contributed by atoms with Crippen LogP contribution in [-0.2, 0) is 4.74 Å². The highest BCUT2D eigenvalue weighted by molar-refractivity contribution is 5.64. The molecule has 5 heteroatoms. The zero-order chi connectivity index (χ0) is 11.1. The molecule has 1 amide bonds. The fourth-order valence-electron chi connectivity index (χ4n) is 1.91. The minimum absolute atomic E-state index is 0.150. The highest BCUT2D eigenvalue weighted by Crippen LogP contribution is 2.18. The molecule has 1 aliphatic rings. The van der Waals surface area contributed by atoms with E-state index in [1.54, 1.807) is 0 Å². The Morgan fingerprint density at radius 2 is 2.33 bits per heavy atom. The van der Waals surface area contributed by atoms with Gasteiger partial charge in [0.1, 0.15) is 0 Å². The molecule has 15 heavy (non-hydrogen) atoms. The highest BCUT2D eigenvalue weighted by atomic mass is 16.5. The van der Waals surface area contributed by atoms with Crippen LogP contribution in [0.15, 0.2) is 0 Å². The summed E-state index contributed by atoms with van der Waals surface area (Å²) in [7, 11) is 0. The molecule has 0 unspecified atom stereocenters. The van der Waals surface area contributed by atoms with Crippen LogP contribution >= 0.6 is 0 Å². The van der Waals surface area contributed by atoms with E-state index in [2.05, 4.69) is 5.32 Å². The largest absolute Gasteiger partial charge is 0.465 e. The summed E-state index contributed by atoms with van der Waals surface area (Å²) in [5, 5.41) is 19.9. The van der Waals surface area contributed by atoms with E-state index in [1.165, 1.54) is 0 Å². The topological polar surface area (TPSA) is 78.8 Å². The van der Waals surface area contributed by atoms with E-state index >= 15 is 0 Å². The number of aliphatic hydroxyl groups is 1. The van der Waals surface area contributed by atoms with Gasteiger partial charge < -0.3 is 20.3 Å². The van der Waals surface area contributed by atoms with Crippen LogP contribution in [-0.4, -0.2) is 42.2 Å². The Kier molecular flexibility index (Phi) is 5.42. The summed E-state index contributed by atoms with van der Waals surface area (Å²) in [5.74, 6) is 0.358. The van der Waals surface area contributed by atoms with Crippen LogP contribution in [0.5, 0.6) is 0 Å². The number of hydrogen-bond donors (Lipinski definition) is 3. The zero-order valence-electron chi connectivity index (χ0n) is 8.82. The normalized spacial score (nSPS) is 24.2. The summed E-state index contributed by atoms with van der Waals surface area (Å²) >= 11 is 0. The van der Waals surface area contributed by atoms with Crippen molar-refractivity contribution in [3.05, 3.63) is 0 Å². The Morgan fingerprint density at radius 3 is 3.00 bits per heavy atom. The lowest BCUT2D eigenvalue weighted by atomic mass is 9.96. The standard InChI is InChI=1S/C10H19NO4/c12-6-9(11-10(13)14)5-8-3-1-2-4-15-7-8/h8-9,11-12H,1-7H2,(H,13,14)/t8-,9+/m1/s1. The van der Waals surface area contributed by atoms with Crippen molar-refractivity contribution >= 4 is 6.09 Å². The number of hydrogen-bond acceptors (Lipinski definition) is 3. The predicted molar refractivity (Wildman–Crippen MR) is 54.8 cm³/mol. The van der Waals surface area contributed by atoms with E-state index in [4.69, 9.17) is 14.9 Å². The number of carboxylic acid groups (broad SMARTS) is 1. The van der Waals surface area contributed by atoms with Crippen LogP contribution in [0.3, 0.4) is 0 Å². The molecule has 88 valence electrons. The van der Waals surface area contributed by atoms with Crippen molar-refractivity contribution in [2.75, 3.05) is 19.8 Å². The Hall–Kier alpha value is -0.810. The molecule has 0 aromatic heterocycles. The summed E-state index contributed by atoms with van der Waals surface area (Å²) in [5.41, 5.74) is 0. The molecular weight excluding hydrogens is 198 g/mol. The monoisotopic (exact) mass is 217 g/mol. The number of aliphatic hydroxyl groups excluding tert-OH is 1. The molecule has 1 aliphatic heterocycles. The van der Waals surface area contributed by atoms with Gasteiger partial charge in [0.25, 0.3) is 0 Å². The van der Waals surface area contributed by atoms with Crippen molar-refractivity contribution in [1.29, 1.82) is 0 Å². The lowest BCUT2D eigenvalue weighted by molar-refractivity contribution is 0.102. The Morgan fingerprint density at radius 1 is 1.53 bits per heavy atom. The summed E-state index contributed by atoms with van der Waals surface area (Å²) in [6.07, 6.45) is 2.83. The molecule has 0 bridgehead atoms. The van der Waals surface area contributed by atoms with Crippen LogP contribution in [0.25, 0.3) is 0 Å². The first-order chi connectivity index (χ1) is 7.22. The average Bonchev–Trinajstić information content (AvgIpc) is 2.44. The first-order valence-electron chi connectivity index (χ1n) is 5.40. The molecule has 5 nitrogen and oxygen atoms in total. The van der Waals surface area contributed by atoms with E-state index in [1.807, 2.05) is 0 Å². The molecule has 0 spiro atoms. The molecular formula is C10H19NO4. The van der Waals surface area contributed by atoms with Crippen molar-refractivity contribution in [3.63, 3.8) is 0 Å². The molecule has 2 atom stereocenters. The fourth-order valence-corrected chi connectivity index (χ4v) is 1.91. The maximum Gasteiger partial charge on any atom is 0.404 e. The smallest absolute Gasteiger partial charge is 0.404 e.